The van der Waals surface area contributed by atoms with Crippen LogP contribution in [0.3, 0.4) is 0 Å². The molecule has 0 aliphatic heterocycles. The maximum Gasteiger partial charge on any atom is 0.254 e. The van der Waals surface area contributed by atoms with Crippen LogP contribution in [0.1, 0.15) is 24.1 Å². The number of ether oxygens (including phenoxy) is 2. The molecule has 1 atom stereocenters. The summed E-state index contributed by atoms with van der Waals surface area (Å²) in [6.07, 6.45) is 1.55. The molecule has 0 fully saturated rings. The van der Waals surface area contributed by atoms with Gasteiger partial charge in [-0.3, -0.25) is 4.79 Å². The van der Waals surface area contributed by atoms with Crippen molar-refractivity contribution in [2.24, 2.45) is 7.05 Å². The highest BCUT2D eigenvalue weighted by molar-refractivity contribution is 7.70. The minimum atomic E-state index is -2.96. The fraction of sp³-hybridized carbons (Fsp3) is 0.148. The highest BCUT2D eigenvalue weighted by atomic mass is 32.2. The maximum atomic E-state index is 14.4. The molecule has 0 aliphatic rings. The third-order valence-corrected chi connectivity index (χ3v) is 6.07. The van der Waals surface area contributed by atoms with Gasteiger partial charge in [0.05, 0.1) is 12.6 Å². The predicted octanol–water partition coefficient (Wildman–Crippen LogP) is 4.73. The molecule has 4 rings (SSSR count). The van der Waals surface area contributed by atoms with E-state index in [-0.39, 0.29) is 29.4 Å². The van der Waals surface area contributed by atoms with Gasteiger partial charge in [0.1, 0.15) is 17.3 Å². The Bertz CT molecular complexity index is 1550. The van der Waals surface area contributed by atoms with Crippen LogP contribution in [0.2, 0.25) is 0 Å². The SMILES string of the molecule is CCOc1cc(=O)n(C)cc1-c1cc(C(N[SH](=O)=O)c2ccccc2)ccc1Oc1ccc(F)cc1F. The second-order valence-corrected chi connectivity index (χ2v) is 8.87. The molecule has 192 valence electrons. The number of benzene rings is 3. The van der Waals surface area contributed by atoms with E-state index in [1.54, 1.807) is 62.6 Å². The number of hydrogen-bond donors (Lipinski definition) is 2. The van der Waals surface area contributed by atoms with Crippen molar-refractivity contribution in [3.05, 3.63) is 112 Å². The van der Waals surface area contributed by atoms with Gasteiger partial charge >= 0.3 is 0 Å². The molecule has 0 saturated heterocycles. The van der Waals surface area contributed by atoms with Crippen LogP contribution >= 0.6 is 0 Å². The number of halogens is 2. The van der Waals surface area contributed by atoms with Crippen molar-refractivity contribution in [1.29, 1.82) is 0 Å². The van der Waals surface area contributed by atoms with Crippen molar-refractivity contribution < 1.29 is 26.7 Å². The molecule has 1 aromatic heterocycles. The lowest BCUT2D eigenvalue weighted by Crippen LogP contribution is -2.21. The molecule has 1 unspecified atom stereocenters. The lowest BCUT2D eigenvalue weighted by atomic mass is 9.95. The van der Waals surface area contributed by atoms with E-state index in [0.29, 0.717) is 28.3 Å². The average Bonchev–Trinajstić information content (AvgIpc) is 2.87. The predicted molar refractivity (Wildman–Crippen MR) is 136 cm³/mol. The molecule has 4 aromatic rings. The molecule has 10 heteroatoms. The van der Waals surface area contributed by atoms with E-state index >= 15 is 0 Å². The number of pyridine rings is 1. The molecule has 37 heavy (non-hydrogen) atoms. The number of hydrogen-bond acceptors (Lipinski definition) is 5. The fourth-order valence-electron chi connectivity index (χ4n) is 3.89. The fourth-order valence-corrected chi connectivity index (χ4v) is 4.39. The lowest BCUT2D eigenvalue weighted by Gasteiger charge is -2.21. The molecular formula is C27H24F2N2O5S. The van der Waals surface area contributed by atoms with Gasteiger partial charge in [0.25, 0.3) is 5.56 Å². The van der Waals surface area contributed by atoms with Gasteiger partial charge < -0.3 is 14.0 Å². The molecule has 0 bridgehead atoms. The quantitative estimate of drug-likeness (QED) is 0.308. The Balaban J connectivity index is 1.94. The minimum Gasteiger partial charge on any atom is -0.493 e. The van der Waals surface area contributed by atoms with Gasteiger partial charge in [0.2, 0.25) is 10.9 Å². The first kappa shape index (κ1) is 26.1. The van der Waals surface area contributed by atoms with Crippen LogP contribution < -0.4 is 19.8 Å². The Morgan fingerprint density at radius 3 is 2.30 bits per heavy atom. The molecule has 1 heterocycles. The molecule has 0 radical (unpaired) electrons. The van der Waals surface area contributed by atoms with Crippen LogP contribution in [0, 0.1) is 11.6 Å². The molecule has 7 nitrogen and oxygen atoms in total. The summed E-state index contributed by atoms with van der Waals surface area (Å²) >= 11 is 0. The number of nitrogens with one attached hydrogen (secondary N) is 1. The summed E-state index contributed by atoms with van der Waals surface area (Å²) in [7, 11) is -1.39. The van der Waals surface area contributed by atoms with Crippen LogP contribution in [-0.4, -0.2) is 19.6 Å². The number of aromatic nitrogens is 1. The summed E-state index contributed by atoms with van der Waals surface area (Å²) in [4.78, 5) is 12.3. The summed E-state index contributed by atoms with van der Waals surface area (Å²) in [6, 6.07) is 17.4. The Labute approximate surface area is 214 Å². The van der Waals surface area contributed by atoms with Gasteiger partial charge in [0, 0.05) is 36.5 Å². The van der Waals surface area contributed by atoms with E-state index in [1.165, 1.54) is 16.7 Å². The van der Waals surface area contributed by atoms with Crippen molar-refractivity contribution in [2.75, 3.05) is 6.61 Å². The van der Waals surface area contributed by atoms with Crippen LogP contribution in [0.15, 0.2) is 83.8 Å². The molecule has 0 saturated carbocycles. The molecule has 0 amide bonds. The number of aryl methyl sites for hydroxylation is 1. The largest absolute Gasteiger partial charge is 0.493 e. The summed E-state index contributed by atoms with van der Waals surface area (Å²) in [5.41, 5.74) is 1.81. The monoisotopic (exact) mass is 526 g/mol. The van der Waals surface area contributed by atoms with E-state index in [4.69, 9.17) is 9.47 Å². The van der Waals surface area contributed by atoms with E-state index < -0.39 is 28.6 Å². The topological polar surface area (TPSA) is 86.6 Å². The van der Waals surface area contributed by atoms with Crippen molar-refractivity contribution in [3.63, 3.8) is 0 Å². The Morgan fingerprint density at radius 2 is 1.62 bits per heavy atom. The summed E-state index contributed by atoms with van der Waals surface area (Å²) in [5.74, 6) is -1.40. The summed E-state index contributed by atoms with van der Waals surface area (Å²) < 4.78 is 66.7. The van der Waals surface area contributed by atoms with E-state index in [9.17, 15) is 22.0 Å². The maximum absolute atomic E-state index is 14.4. The zero-order chi connectivity index (χ0) is 26.5. The number of nitrogens with zero attached hydrogens (tertiary/aromatic N) is 1. The zero-order valence-corrected chi connectivity index (χ0v) is 20.9. The molecule has 3 aromatic carbocycles. The van der Waals surface area contributed by atoms with Gasteiger partial charge in [-0.15, -0.1) is 0 Å². The van der Waals surface area contributed by atoms with E-state index in [1.807, 2.05) is 6.07 Å². The van der Waals surface area contributed by atoms with Crippen LogP contribution in [0.5, 0.6) is 17.2 Å². The van der Waals surface area contributed by atoms with Crippen molar-refractivity contribution in [1.82, 2.24) is 9.29 Å². The summed E-state index contributed by atoms with van der Waals surface area (Å²) in [6.45, 7) is 2.04. The van der Waals surface area contributed by atoms with Gasteiger partial charge in [-0.05, 0) is 42.3 Å². The normalized spacial score (nSPS) is 11.9. The van der Waals surface area contributed by atoms with Gasteiger partial charge in [0.15, 0.2) is 11.6 Å². The van der Waals surface area contributed by atoms with Crippen molar-refractivity contribution in [2.45, 2.75) is 13.0 Å². The molecular weight excluding hydrogens is 502 g/mol. The minimum absolute atomic E-state index is 0.187. The third kappa shape index (κ3) is 6.04. The van der Waals surface area contributed by atoms with E-state index in [0.717, 1.165) is 6.07 Å². The first-order chi connectivity index (χ1) is 17.8. The van der Waals surface area contributed by atoms with Crippen molar-refractivity contribution >= 4 is 10.9 Å². The van der Waals surface area contributed by atoms with Crippen LogP contribution in [0.4, 0.5) is 8.78 Å². The highest BCUT2D eigenvalue weighted by Gasteiger charge is 2.21. The van der Waals surface area contributed by atoms with Crippen LogP contribution in [0.25, 0.3) is 11.1 Å². The van der Waals surface area contributed by atoms with Gasteiger partial charge in [-0.1, -0.05) is 36.4 Å². The lowest BCUT2D eigenvalue weighted by molar-refractivity contribution is 0.340. The van der Waals surface area contributed by atoms with Gasteiger partial charge in [-0.25, -0.2) is 21.9 Å². The second-order valence-electron chi connectivity index (χ2n) is 8.10. The first-order valence-electron chi connectivity index (χ1n) is 11.3. The zero-order valence-electron chi connectivity index (χ0n) is 20.0. The average molecular weight is 527 g/mol. The Hall–Kier alpha value is -4.02. The van der Waals surface area contributed by atoms with Gasteiger partial charge in [-0.2, -0.15) is 0 Å². The first-order valence-corrected chi connectivity index (χ1v) is 12.5. The van der Waals surface area contributed by atoms with Crippen LogP contribution in [-0.2, 0) is 17.9 Å². The molecule has 0 spiro atoms. The van der Waals surface area contributed by atoms with E-state index in [2.05, 4.69) is 4.72 Å². The second kappa shape index (κ2) is 11.4. The number of thiol groups is 1. The smallest absolute Gasteiger partial charge is 0.254 e. The number of rotatable bonds is 9. The molecule has 0 aliphatic carbocycles. The third-order valence-electron chi connectivity index (χ3n) is 5.60. The van der Waals surface area contributed by atoms with Crippen molar-refractivity contribution in [3.8, 4) is 28.4 Å². The Morgan fingerprint density at radius 1 is 0.892 bits per heavy atom. The summed E-state index contributed by atoms with van der Waals surface area (Å²) in [5, 5.41) is 0. The standard InChI is InChI=1S/C27H24F2N2O5S/c1-3-35-25-15-26(32)31(2)16-21(25)20-13-18(27(30-37(33)34)17-7-5-4-6-8-17)9-11-23(20)36-24-12-10-19(28)14-22(24)29/h4-16,27,37H,3H2,1-2H3,(H,30,33,34). The Kier molecular flexibility index (Phi) is 8.00. The molecule has 1 N–H and O–H groups in total. The highest BCUT2D eigenvalue weighted by Crippen LogP contribution is 2.40.